The van der Waals surface area contributed by atoms with Crippen molar-refractivity contribution in [3.8, 4) is 11.7 Å². The molecule has 0 radical (unpaired) electrons. The summed E-state index contributed by atoms with van der Waals surface area (Å²) in [5.41, 5.74) is 0.771. The highest BCUT2D eigenvalue weighted by Crippen LogP contribution is 2.32. The molecule has 9 heteroatoms. The fraction of sp³-hybridized carbons (Fsp3) is 0.364. The van der Waals surface area contributed by atoms with Crippen LogP contribution in [-0.4, -0.2) is 46.5 Å². The van der Waals surface area contributed by atoms with Crippen molar-refractivity contribution in [3.63, 3.8) is 0 Å². The first kappa shape index (κ1) is 19.8. The maximum atomic E-state index is 13.0. The first-order chi connectivity index (χ1) is 15.1. The van der Waals surface area contributed by atoms with Gasteiger partial charge in [-0.05, 0) is 49.2 Å². The maximum Gasteiger partial charge on any atom is 0.283 e. The van der Waals surface area contributed by atoms with Crippen LogP contribution in [0.25, 0.3) is 11.7 Å². The van der Waals surface area contributed by atoms with Crippen molar-refractivity contribution in [2.75, 3.05) is 24.5 Å². The Bertz CT molecular complexity index is 1070. The summed E-state index contributed by atoms with van der Waals surface area (Å²) in [5, 5.41) is 8.84. The number of aromatic nitrogens is 2. The molecule has 2 aliphatic rings. The van der Waals surface area contributed by atoms with E-state index in [9.17, 15) is 9.59 Å². The van der Waals surface area contributed by atoms with E-state index in [1.807, 2.05) is 4.90 Å². The molecule has 2 amide bonds. The number of carbonyl (C=O) groups excluding carboxylic acids is 2. The van der Waals surface area contributed by atoms with Crippen LogP contribution in [0.15, 0.2) is 51.5 Å². The molecule has 0 bridgehead atoms. The van der Waals surface area contributed by atoms with Crippen molar-refractivity contribution >= 4 is 29.1 Å². The number of hydrogen-bond donors (Lipinski definition) is 0. The Morgan fingerprint density at radius 3 is 2.58 bits per heavy atom. The quantitative estimate of drug-likeness (QED) is 0.613. The molecule has 8 nitrogen and oxygen atoms in total. The molecule has 3 aromatic rings. The van der Waals surface area contributed by atoms with E-state index in [1.165, 1.54) is 0 Å². The monoisotopic (exact) mass is 440 g/mol. The lowest BCUT2D eigenvalue weighted by Gasteiger charge is -2.32. The minimum atomic E-state index is -0.325. The van der Waals surface area contributed by atoms with Crippen LogP contribution in [0.2, 0.25) is 5.02 Å². The molecule has 160 valence electrons. The van der Waals surface area contributed by atoms with Gasteiger partial charge >= 0.3 is 0 Å². The van der Waals surface area contributed by atoms with Gasteiger partial charge in [-0.1, -0.05) is 11.6 Å². The molecule has 0 saturated carbocycles. The van der Waals surface area contributed by atoms with Crippen LogP contribution in [0.5, 0.6) is 0 Å². The molecule has 2 fully saturated rings. The molecule has 2 aliphatic heterocycles. The third kappa shape index (κ3) is 3.95. The number of amides is 2. The van der Waals surface area contributed by atoms with E-state index < -0.39 is 0 Å². The predicted molar refractivity (Wildman–Crippen MR) is 112 cm³/mol. The van der Waals surface area contributed by atoms with Gasteiger partial charge in [-0.3, -0.25) is 9.59 Å². The summed E-state index contributed by atoms with van der Waals surface area (Å²) in [4.78, 5) is 29.0. The van der Waals surface area contributed by atoms with Crippen molar-refractivity contribution < 1.29 is 18.4 Å². The zero-order valence-corrected chi connectivity index (χ0v) is 17.5. The van der Waals surface area contributed by atoms with Crippen LogP contribution in [0, 0.1) is 5.92 Å². The number of furan rings is 1. The standard InChI is InChI=1S/C22H21ClN4O4/c23-16-3-5-17(6-4-16)27-13-15(12-19(27)28)22(29)26-9-7-14(8-10-26)20-24-25-21(31-20)18-2-1-11-30-18/h1-6,11,14-15H,7-10,12-13H2. The average molecular weight is 441 g/mol. The van der Waals surface area contributed by atoms with Crippen molar-refractivity contribution in [2.45, 2.75) is 25.2 Å². The number of halogens is 1. The SMILES string of the molecule is O=C(C1CC(=O)N(c2ccc(Cl)cc2)C1)N1CCC(c2nnc(-c3ccco3)o2)CC1. The largest absolute Gasteiger partial charge is 0.459 e. The van der Waals surface area contributed by atoms with Gasteiger partial charge in [-0.25, -0.2) is 0 Å². The summed E-state index contributed by atoms with van der Waals surface area (Å²) in [6.07, 6.45) is 3.28. The third-order valence-electron chi connectivity index (χ3n) is 5.94. The van der Waals surface area contributed by atoms with E-state index in [-0.39, 0.29) is 30.1 Å². The molecule has 0 spiro atoms. The molecule has 0 aliphatic carbocycles. The molecular weight excluding hydrogens is 420 g/mol. The highest BCUT2D eigenvalue weighted by Gasteiger charge is 2.38. The molecule has 1 aromatic carbocycles. The summed E-state index contributed by atoms with van der Waals surface area (Å²) < 4.78 is 11.1. The highest BCUT2D eigenvalue weighted by atomic mass is 35.5. The molecule has 0 N–H and O–H groups in total. The molecule has 4 heterocycles. The number of anilines is 1. The zero-order chi connectivity index (χ0) is 21.4. The minimum absolute atomic E-state index is 0.0325. The Morgan fingerprint density at radius 2 is 1.87 bits per heavy atom. The van der Waals surface area contributed by atoms with Gasteiger partial charge < -0.3 is 18.6 Å². The number of hydrogen-bond acceptors (Lipinski definition) is 6. The van der Waals surface area contributed by atoms with Gasteiger partial charge in [0.15, 0.2) is 5.76 Å². The summed E-state index contributed by atoms with van der Waals surface area (Å²) >= 11 is 5.93. The van der Waals surface area contributed by atoms with E-state index >= 15 is 0 Å². The van der Waals surface area contributed by atoms with Crippen LogP contribution in [0.4, 0.5) is 5.69 Å². The van der Waals surface area contributed by atoms with Crippen molar-refractivity contribution in [1.82, 2.24) is 15.1 Å². The number of likely N-dealkylation sites (tertiary alicyclic amines) is 1. The fourth-order valence-electron chi connectivity index (χ4n) is 4.25. The number of piperidine rings is 1. The summed E-state index contributed by atoms with van der Waals surface area (Å²) in [5.74, 6) is 1.26. The van der Waals surface area contributed by atoms with E-state index in [4.69, 9.17) is 20.4 Å². The molecule has 2 aromatic heterocycles. The van der Waals surface area contributed by atoms with Crippen molar-refractivity contribution in [2.24, 2.45) is 5.92 Å². The van der Waals surface area contributed by atoms with Gasteiger partial charge in [0.1, 0.15) is 0 Å². The van der Waals surface area contributed by atoms with Crippen LogP contribution in [0.1, 0.15) is 31.1 Å². The molecular formula is C22H21ClN4O4. The second kappa shape index (κ2) is 8.19. The van der Waals surface area contributed by atoms with E-state index in [2.05, 4.69) is 10.2 Å². The van der Waals surface area contributed by atoms with E-state index in [0.717, 1.165) is 18.5 Å². The summed E-state index contributed by atoms with van der Waals surface area (Å²) in [6, 6.07) is 10.7. The highest BCUT2D eigenvalue weighted by molar-refractivity contribution is 6.30. The molecule has 1 atom stereocenters. The van der Waals surface area contributed by atoms with Crippen molar-refractivity contribution in [3.05, 3.63) is 53.6 Å². The third-order valence-corrected chi connectivity index (χ3v) is 6.19. The van der Waals surface area contributed by atoms with Gasteiger partial charge in [0.25, 0.3) is 5.89 Å². The van der Waals surface area contributed by atoms with Gasteiger partial charge in [0.2, 0.25) is 17.7 Å². The number of rotatable bonds is 4. The van der Waals surface area contributed by atoms with Crippen molar-refractivity contribution in [1.29, 1.82) is 0 Å². The van der Waals surface area contributed by atoms with Crippen LogP contribution >= 0.6 is 11.6 Å². The second-order valence-corrected chi connectivity index (χ2v) is 8.34. The van der Waals surface area contributed by atoms with Gasteiger partial charge in [0, 0.05) is 42.7 Å². The lowest BCUT2D eigenvalue weighted by Crippen LogP contribution is -2.42. The van der Waals surface area contributed by atoms with Gasteiger partial charge in [-0.15, -0.1) is 10.2 Å². The van der Waals surface area contributed by atoms with Gasteiger partial charge in [0.05, 0.1) is 12.2 Å². The van der Waals surface area contributed by atoms with E-state index in [0.29, 0.717) is 42.2 Å². The second-order valence-electron chi connectivity index (χ2n) is 7.90. The lowest BCUT2D eigenvalue weighted by molar-refractivity contribution is -0.136. The minimum Gasteiger partial charge on any atom is -0.459 e. The maximum absolute atomic E-state index is 13.0. The van der Waals surface area contributed by atoms with Crippen LogP contribution in [-0.2, 0) is 9.59 Å². The Hall–Kier alpha value is -3.13. The number of nitrogens with zero attached hydrogens (tertiary/aromatic N) is 4. The zero-order valence-electron chi connectivity index (χ0n) is 16.7. The summed E-state index contributed by atoms with van der Waals surface area (Å²) in [6.45, 7) is 1.61. The molecule has 5 rings (SSSR count). The lowest BCUT2D eigenvalue weighted by atomic mass is 9.95. The van der Waals surface area contributed by atoms with E-state index in [1.54, 1.807) is 47.6 Å². The number of benzene rings is 1. The fourth-order valence-corrected chi connectivity index (χ4v) is 4.37. The Labute approximate surface area is 183 Å². The first-order valence-corrected chi connectivity index (χ1v) is 10.7. The topological polar surface area (TPSA) is 92.7 Å². The molecule has 31 heavy (non-hydrogen) atoms. The van der Waals surface area contributed by atoms with Gasteiger partial charge in [-0.2, -0.15) is 0 Å². The first-order valence-electron chi connectivity index (χ1n) is 10.3. The van der Waals surface area contributed by atoms with Crippen LogP contribution in [0.3, 0.4) is 0 Å². The van der Waals surface area contributed by atoms with Crippen LogP contribution < -0.4 is 4.90 Å². The predicted octanol–water partition coefficient (Wildman–Crippen LogP) is 3.74. The smallest absolute Gasteiger partial charge is 0.283 e. The average Bonchev–Trinajstić information content (AvgIpc) is 3.55. The normalized spacial score (nSPS) is 19.9. The number of carbonyl (C=O) groups is 2. The Balaban J connectivity index is 1.19. The molecule has 2 saturated heterocycles. The Morgan fingerprint density at radius 1 is 1.10 bits per heavy atom. The molecule has 1 unspecified atom stereocenters. The Kier molecular flexibility index (Phi) is 5.23. The summed E-state index contributed by atoms with van der Waals surface area (Å²) in [7, 11) is 0.